The summed E-state index contributed by atoms with van der Waals surface area (Å²) in [5, 5.41) is 0.540. The highest BCUT2D eigenvalue weighted by molar-refractivity contribution is 9.10. The number of para-hydroxylation sites is 1. The van der Waals surface area contributed by atoms with Crippen molar-refractivity contribution in [3.8, 4) is 11.5 Å². The molecule has 2 N–H and O–H groups in total. The van der Waals surface area contributed by atoms with Crippen LogP contribution in [0.1, 0.15) is 17.3 Å². The van der Waals surface area contributed by atoms with Gasteiger partial charge in [0, 0.05) is 11.6 Å². The molecule has 2 amide bonds. The number of carbonyl (C=O) groups excluding carboxylic acids is 2. The van der Waals surface area contributed by atoms with Crippen LogP contribution in [-0.2, 0) is 9.53 Å². The standard InChI is InChI=1S/C19H20BrClN2O5/c1-2-26-9-10-27-16-6-4-3-5-14(16)19(25)23-22-18(24)12-28-17-8-7-13(21)11-15(17)20/h3-8,11H,2,9-10,12H2,1H3,(H,22,24)(H,23,25). The van der Waals surface area contributed by atoms with Gasteiger partial charge >= 0.3 is 0 Å². The second-order valence-electron chi connectivity index (χ2n) is 5.41. The molecule has 0 aromatic heterocycles. The van der Waals surface area contributed by atoms with Gasteiger partial charge in [0.2, 0.25) is 0 Å². The number of amides is 2. The van der Waals surface area contributed by atoms with Gasteiger partial charge in [0.05, 0.1) is 16.6 Å². The van der Waals surface area contributed by atoms with E-state index < -0.39 is 11.8 Å². The van der Waals surface area contributed by atoms with E-state index in [-0.39, 0.29) is 6.61 Å². The molecule has 0 spiro atoms. The lowest BCUT2D eigenvalue weighted by molar-refractivity contribution is -0.123. The van der Waals surface area contributed by atoms with Crippen molar-refractivity contribution in [2.24, 2.45) is 0 Å². The number of rotatable bonds is 9. The van der Waals surface area contributed by atoms with Gasteiger partial charge < -0.3 is 14.2 Å². The summed E-state index contributed by atoms with van der Waals surface area (Å²) >= 11 is 9.15. The fourth-order valence-corrected chi connectivity index (χ4v) is 2.90. The fraction of sp³-hybridized carbons (Fsp3) is 0.263. The van der Waals surface area contributed by atoms with Gasteiger partial charge in [-0.15, -0.1) is 0 Å². The molecule has 2 aromatic rings. The van der Waals surface area contributed by atoms with Crippen LogP contribution < -0.4 is 20.3 Å². The van der Waals surface area contributed by atoms with Gasteiger partial charge in [-0.3, -0.25) is 20.4 Å². The largest absolute Gasteiger partial charge is 0.490 e. The summed E-state index contributed by atoms with van der Waals surface area (Å²) in [5.74, 6) is -0.174. The Bertz CT molecular complexity index is 819. The fourth-order valence-electron chi connectivity index (χ4n) is 2.10. The molecule has 0 aliphatic heterocycles. The third-order valence-corrected chi connectivity index (χ3v) is 4.24. The number of ether oxygens (including phenoxy) is 3. The Kier molecular flexibility index (Phi) is 9.06. The van der Waals surface area contributed by atoms with E-state index in [1.807, 2.05) is 6.92 Å². The maximum atomic E-state index is 12.3. The molecule has 7 nitrogen and oxygen atoms in total. The predicted octanol–water partition coefficient (Wildman–Crippen LogP) is 3.36. The Hall–Kier alpha value is -2.29. The van der Waals surface area contributed by atoms with Gasteiger partial charge in [-0.05, 0) is 53.2 Å². The van der Waals surface area contributed by atoms with E-state index >= 15 is 0 Å². The van der Waals surface area contributed by atoms with Crippen LogP contribution in [0, 0.1) is 0 Å². The molecule has 0 aliphatic carbocycles. The minimum Gasteiger partial charge on any atom is -0.490 e. The van der Waals surface area contributed by atoms with Crippen molar-refractivity contribution in [3.05, 3.63) is 57.5 Å². The average molecular weight is 472 g/mol. The first-order valence-electron chi connectivity index (χ1n) is 8.48. The van der Waals surface area contributed by atoms with Crippen molar-refractivity contribution in [3.63, 3.8) is 0 Å². The minimum absolute atomic E-state index is 0.285. The van der Waals surface area contributed by atoms with Gasteiger partial charge in [0.15, 0.2) is 6.61 Å². The first kappa shape index (κ1) is 22.0. The molecular formula is C19H20BrClN2O5. The van der Waals surface area contributed by atoms with Gasteiger partial charge in [-0.2, -0.15) is 0 Å². The van der Waals surface area contributed by atoms with Crippen LogP contribution >= 0.6 is 27.5 Å². The van der Waals surface area contributed by atoms with Crippen molar-refractivity contribution in [2.75, 3.05) is 26.4 Å². The SMILES string of the molecule is CCOCCOc1ccccc1C(=O)NNC(=O)COc1ccc(Cl)cc1Br. The molecule has 28 heavy (non-hydrogen) atoms. The predicted molar refractivity (Wildman–Crippen MR) is 109 cm³/mol. The first-order valence-corrected chi connectivity index (χ1v) is 9.65. The zero-order valence-corrected chi connectivity index (χ0v) is 17.5. The van der Waals surface area contributed by atoms with E-state index in [9.17, 15) is 9.59 Å². The van der Waals surface area contributed by atoms with Crippen molar-refractivity contribution in [1.82, 2.24) is 10.9 Å². The monoisotopic (exact) mass is 470 g/mol. The molecule has 0 saturated carbocycles. The van der Waals surface area contributed by atoms with Crippen LogP contribution in [0.25, 0.3) is 0 Å². The van der Waals surface area contributed by atoms with Crippen LogP contribution in [0.3, 0.4) is 0 Å². The van der Waals surface area contributed by atoms with E-state index in [1.54, 1.807) is 42.5 Å². The number of hydrogen-bond acceptors (Lipinski definition) is 5. The van der Waals surface area contributed by atoms with Crippen LogP contribution in [0.15, 0.2) is 46.9 Å². The van der Waals surface area contributed by atoms with Gasteiger partial charge in [-0.25, -0.2) is 0 Å². The van der Waals surface area contributed by atoms with E-state index in [0.717, 1.165) is 0 Å². The summed E-state index contributed by atoms with van der Waals surface area (Å²) in [4.78, 5) is 24.2. The molecule has 2 aromatic carbocycles. The maximum absolute atomic E-state index is 12.3. The molecule has 0 aliphatic rings. The smallest absolute Gasteiger partial charge is 0.276 e. The molecule has 150 valence electrons. The third-order valence-electron chi connectivity index (χ3n) is 3.39. The summed E-state index contributed by atoms with van der Waals surface area (Å²) in [6, 6.07) is 11.6. The molecule has 0 atom stereocenters. The first-order chi connectivity index (χ1) is 13.5. The summed E-state index contributed by atoms with van der Waals surface area (Å²) in [5.41, 5.74) is 4.93. The van der Waals surface area contributed by atoms with Crippen LogP contribution in [0.2, 0.25) is 5.02 Å². The summed E-state index contributed by atoms with van der Waals surface area (Å²) < 4.78 is 16.8. The van der Waals surface area contributed by atoms with Crippen molar-refractivity contribution < 1.29 is 23.8 Å². The quantitative estimate of drug-likeness (QED) is 0.433. The Labute approximate surface area is 176 Å². The number of hydrogen-bond donors (Lipinski definition) is 2. The van der Waals surface area contributed by atoms with Crippen LogP contribution in [-0.4, -0.2) is 38.2 Å². The third kappa shape index (κ3) is 7.03. The molecular weight excluding hydrogens is 452 g/mol. The van der Waals surface area contributed by atoms with E-state index in [1.165, 1.54) is 0 Å². The molecule has 0 saturated heterocycles. The highest BCUT2D eigenvalue weighted by Crippen LogP contribution is 2.27. The molecule has 0 bridgehead atoms. The number of benzene rings is 2. The Balaban J connectivity index is 1.83. The minimum atomic E-state index is -0.523. The van der Waals surface area contributed by atoms with Crippen molar-refractivity contribution >= 4 is 39.3 Å². The summed E-state index contributed by atoms with van der Waals surface area (Å²) in [6.07, 6.45) is 0. The van der Waals surface area contributed by atoms with Crippen LogP contribution in [0.4, 0.5) is 0 Å². The zero-order valence-electron chi connectivity index (χ0n) is 15.2. The van der Waals surface area contributed by atoms with E-state index in [2.05, 4.69) is 26.8 Å². The number of nitrogens with one attached hydrogen (secondary N) is 2. The topological polar surface area (TPSA) is 85.9 Å². The Morgan fingerprint density at radius 3 is 2.57 bits per heavy atom. The molecule has 0 radical (unpaired) electrons. The summed E-state index contributed by atoms with van der Waals surface area (Å²) in [6.45, 7) is 2.92. The molecule has 0 unspecified atom stereocenters. The average Bonchev–Trinajstić information content (AvgIpc) is 2.69. The van der Waals surface area contributed by atoms with Gasteiger partial charge in [-0.1, -0.05) is 23.7 Å². The summed E-state index contributed by atoms with van der Waals surface area (Å²) in [7, 11) is 0. The zero-order chi connectivity index (χ0) is 20.4. The number of carbonyl (C=O) groups is 2. The highest BCUT2D eigenvalue weighted by Gasteiger charge is 2.13. The maximum Gasteiger partial charge on any atom is 0.276 e. The number of hydrazine groups is 1. The van der Waals surface area contributed by atoms with Gasteiger partial charge in [0.25, 0.3) is 11.8 Å². The Morgan fingerprint density at radius 1 is 1.04 bits per heavy atom. The number of halogens is 2. The highest BCUT2D eigenvalue weighted by atomic mass is 79.9. The lowest BCUT2D eigenvalue weighted by Gasteiger charge is -2.13. The van der Waals surface area contributed by atoms with Crippen LogP contribution in [0.5, 0.6) is 11.5 Å². The lowest BCUT2D eigenvalue weighted by Crippen LogP contribution is -2.44. The van der Waals surface area contributed by atoms with Crippen molar-refractivity contribution in [2.45, 2.75) is 6.92 Å². The molecule has 0 heterocycles. The second-order valence-corrected chi connectivity index (χ2v) is 6.70. The molecule has 2 rings (SSSR count). The lowest BCUT2D eigenvalue weighted by atomic mass is 10.2. The van der Waals surface area contributed by atoms with E-state index in [4.69, 9.17) is 25.8 Å². The van der Waals surface area contributed by atoms with Crippen molar-refractivity contribution in [1.29, 1.82) is 0 Å². The second kappa shape index (κ2) is 11.5. The van der Waals surface area contributed by atoms with Gasteiger partial charge in [0.1, 0.15) is 18.1 Å². The Morgan fingerprint density at radius 2 is 1.82 bits per heavy atom. The molecule has 0 fully saturated rings. The molecule has 9 heteroatoms. The van der Waals surface area contributed by atoms with E-state index in [0.29, 0.717) is 46.4 Å². The normalized spacial score (nSPS) is 10.2.